The number of urea groups is 1. The SMILES string of the molecule is C[C@H](NC(=O)NC1CCNC1=O)C(=O)O. The van der Waals surface area contributed by atoms with Gasteiger partial charge in [0.15, 0.2) is 0 Å². The van der Waals surface area contributed by atoms with Crippen molar-refractivity contribution in [3.63, 3.8) is 0 Å². The van der Waals surface area contributed by atoms with Gasteiger partial charge in [-0.15, -0.1) is 0 Å². The lowest BCUT2D eigenvalue weighted by atomic mass is 10.2. The van der Waals surface area contributed by atoms with E-state index >= 15 is 0 Å². The molecule has 2 atom stereocenters. The maximum atomic E-state index is 11.2. The van der Waals surface area contributed by atoms with Crippen LogP contribution in [0.3, 0.4) is 0 Å². The van der Waals surface area contributed by atoms with E-state index in [4.69, 9.17) is 5.11 Å². The van der Waals surface area contributed by atoms with Crippen molar-refractivity contribution in [1.82, 2.24) is 16.0 Å². The van der Waals surface area contributed by atoms with Crippen LogP contribution >= 0.6 is 0 Å². The van der Waals surface area contributed by atoms with Crippen LogP contribution in [0.1, 0.15) is 13.3 Å². The van der Waals surface area contributed by atoms with Crippen LogP contribution in [0.25, 0.3) is 0 Å². The molecule has 1 saturated heterocycles. The number of amides is 3. The molecule has 1 fully saturated rings. The number of carbonyl (C=O) groups is 3. The van der Waals surface area contributed by atoms with Crippen LogP contribution in [0.15, 0.2) is 0 Å². The average molecular weight is 215 g/mol. The first kappa shape index (κ1) is 11.3. The predicted octanol–water partition coefficient (Wildman–Crippen LogP) is -1.35. The number of carboxylic acids is 1. The third-order valence-electron chi connectivity index (χ3n) is 2.07. The van der Waals surface area contributed by atoms with Gasteiger partial charge in [0.1, 0.15) is 12.1 Å². The standard InChI is InChI=1S/C8H13N3O4/c1-4(7(13)14)10-8(15)11-5-2-3-9-6(5)12/h4-5H,2-3H2,1H3,(H,9,12)(H,13,14)(H2,10,11,15)/t4-,5?/m0/s1. The van der Waals surface area contributed by atoms with Crippen molar-refractivity contribution in [2.45, 2.75) is 25.4 Å². The van der Waals surface area contributed by atoms with E-state index in [-0.39, 0.29) is 5.91 Å². The average Bonchev–Trinajstić information content (AvgIpc) is 2.51. The van der Waals surface area contributed by atoms with Crippen LogP contribution in [0, 0.1) is 0 Å². The molecule has 0 aromatic carbocycles. The molecule has 1 unspecified atom stereocenters. The van der Waals surface area contributed by atoms with Gasteiger partial charge in [-0.05, 0) is 13.3 Å². The van der Waals surface area contributed by atoms with E-state index in [0.717, 1.165) is 0 Å². The van der Waals surface area contributed by atoms with Crippen LogP contribution in [-0.4, -0.2) is 41.6 Å². The highest BCUT2D eigenvalue weighted by Gasteiger charge is 2.26. The lowest BCUT2D eigenvalue weighted by Crippen LogP contribution is -2.49. The summed E-state index contributed by atoms with van der Waals surface area (Å²) in [7, 11) is 0. The van der Waals surface area contributed by atoms with Gasteiger partial charge in [-0.1, -0.05) is 0 Å². The maximum absolute atomic E-state index is 11.2. The fourth-order valence-corrected chi connectivity index (χ4v) is 1.19. The molecule has 7 nitrogen and oxygen atoms in total. The van der Waals surface area contributed by atoms with Gasteiger partial charge >= 0.3 is 12.0 Å². The van der Waals surface area contributed by atoms with E-state index in [0.29, 0.717) is 13.0 Å². The minimum atomic E-state index is -1.12. The lowest BCUT2D eigenvalue weighted by Gasteiger charge is -2.13. The summed E-state index contributed by atoms with van der Waals surface area (Å²) in [5.41, 5.74) is 0. The normalized spacial score (nSPS) is 21.7. The topological polar surface area (TPSA) is 108 Å². The smallest absolute Gasteiger partial charge is 0.325 e. The molecule has 7 heteroatoms. The Morgan fingerprint density at radius 3 is 2.73 bits per heavy atom. The third kappa shape index (κ3) is 3.12. The monoisotopic (exact) mass is 215 g/mol. The van der Waals surface area contributed by atoms with E-state index in [2.05, 4.69) is 16.0 Å². The number of hydrogen-bond donors (Lipinski definition) is 4. The van der Waals surface area contributed by atoms with Gasteiger partial charge < -0.3 is 21.1 Å². The molecule has 15 heavy (non-hydrogen) atoms. The molecule has 0 aliphatic carbocycles. The van der Waals surface area contributed by atoms with E-state index < -0.39 is 24.1 Å². The van der Waals surface area contributed by atoms with E-state index in [1.807, 2.05) is 0 Å². The van der Waals surface area contributed by atoms with Gasteiger partial charge in [-0.25, -0.2) is 4.79 Å². The molecule has 1 aliphatic heterocycles. The van der Waals surface area contributed by atoms with Crippen LogP contribution in [-0.2, 0) is 9.59 Å². The zero-order valence-electron chi connectivity index (χ0n) is 8.24. The first-order chi connectivity index (χ1) is 7.00. The minimum Gasteiger partial charge on any atom is -0.480 e. The molecule has 4 N–H and O–H groups in total. The van der Waals surface area contributed by atoms with Gasteiger partial charge in [-0.2, -0.15) is 0 Å². The van der Waals surface area contributed by atoms with E-state index in [1.165, 1.54) is 6.92 Å². The fourth-order valence-electron chi connectivity index (χ4n) is 1.19. The highest BCUT2D eigenvalue weighted by atomic mass is 16.4. The molecule has 0 saturated carbocycles. The molecule has 0 spiro atoms. The highest BCUT2D eigenvalue weighted by Crippen LogP contribution is 1.98. The zero-order chi connectivity index (χ0) is 11.4. The molecular formula is C8H13N3O4. The van der Waals surface area contributed by atoms with Crippen molar-refractivity contribution in [2.24, 2.45) is 0 Å². The van der Waals surface area contributed by atoms with Gasteiger partial charge in [-0.3, -0.25) is 9.59 Å². The number of hydrogen-bond acceptors (Lipinski definition) is 3. The number of carbonyl (C=O) groups excluding carboxylic acids is 2. The summed E-state index contributed by atoms with van der Waals surface area (Å²) in [6, 6.07) is -2.19. The Morgan fingerprint density at radius 1 is 1.60 bits per heavy atom. The molecule has 1 aliphatic rings. The summed E-state index contributed by atoms with van der Waals surface area (Å²) in [4.78, 5) is 32.7. The predicted molar refractivity (Wildman–Crippen MR) is 50.2 cm³/mol. The fraction of sp³-hybridized carbons (Fsp3) is 0.625. The summed E-state index contributed by atoms with van der Waals surface area (Å²) in [6.45, 7) is 1.87. The highest BCUT2D eigenvalue weighted by molar-refractivity contribution is 5.89. The quantitative estimate of drug-likeness (QED) is 0.466. The van der Waals surface area contributed by atoms with Gasteiger partial charge in [0.2, 0.25) is 5.91 Å². The first-order valence-electron chi connectivity index (χ1n) is 4.58. The number of carboxylic acid groups (broad SMARTS) is 1. The summed E-state index contributed by atoms with van der Waals surface area (Å²) in [5.74, 6) is -1.37. The van der Waals surface area contributed by atoms with Crippen molar-refractivity contribution in [2.75, 3.05) is 6.54 Å². The van der Waals surface area contributed by atoms with Crippen molar-refractivity contribution in [1.29, 1.82) is 0 Å². The van der Waals surface area contributed by atoms with E-state index in [1.54, 1.807) is 0 Å². The van der Waals surface area contributed by atoms with Gasteiger partial charge in [0.25, 0.3) is 0 Å². The molecule has 1 heterocycles. The Hall–Kier alpha value is -1.79. The van der Waals surface area contributed by atoms with Gasteiger partial charge in [0.05, 0.1) is 0 Å². The second-order valence-corrected chi connectivity index (χ2v) is 3.31. The Labute approximate surface area is 86.2 Å². The summed E-state index contributed by atoms with van der Waals surface area (Å²) in [5, 5.41) is 15.7. The zero-order valence-corrected chi connectivity index (χ0v) is 8.24. The lowest BCUT2D eigenvalue weighted by molar-refractivity contribution is -0.138. The number of aliphatic carboxylic acids is 1. The molecule has 0 aromatic heterocycles. The Bertz CT molecular complexity index is 292. The van der Waals surface area contributed by atoms with Crippen LogP contribution < -0.4 is 16.0 Å². The number of rotatable bonds is 3. The largest absolute Gasteiger partial charge is 0.480 e. The summed E-state index contributed by atoms with van der Waals surface area (Å²) in [6.07, 6.45) is 0.522. The molecule has 1 rings (SSSR count). The Morgan fingerprint density at radius 2 is 2.27 bits per heavy atom. The summed E-state index contributed by atoms with van der Waals surface area (Å²) < 4.78 is 0. The second-order valence-electron chi connectivity index (χ2n) is 3.31. The van der Waals surface area contributed by atoms with E-state index in [9.17, 15) is 14.4 Å². The molecule has 0 radical (unpaired) electrons. The molecule has 3 amide bonds. The van der Waals surface area contributed by atoms with Crippen molar-refractivity contribution in [3.05, 3.63) is 0 Å². The van der Waals surface area contributed by atoms with Crippen molar-refractivity contribution in [3.8, 4) is 0 Å². The first-order valence-corrected chi connectivity index (χ1v) is 4.58. The molecule has 0 bridgehead atoms. The molecule has 84 valence electrons. The third-order valence-corrected chi connectivity index (χ3v) is 2.07. The maximum Gasteiger partial charge on any atom is 0.325 e. The Balaban J connectivity index is 2.35. The van der Waals surface area contributed by atoms with Crippen LogP contribution in [0.4, 0.5) is 4.79 Å². The van der Waals surface area contributed by atoms with Crippen molar-refractivity contribution >= 4 is 17.9 Å². The number of nitrogens with one attached hydrogen (secondary N) is 3. The van der Waals surface area contributed by atoms with Crippen molar-refractivity contribution < 1.29 is 19.5 Å². The summed E-state index contributed by atoms with van der Waals surface area (Å²) >= 11 is 0. The van der Waals surface area contributed by atoms with Crippen LogP contribution in [0.5, 0.6) is 0 Å². The molecular weight excluding hydrogens is 202 g/mol. The molecule has 0 aromatic rings. The Kier molecular flexibility index (Phi) is 3.48. The minimum absolute atomic E-state index is 0.242. The van der Waals surface area contributed by atoms with Crippen LogP contribution in [0.2, 0.25) is 0 Å². The second kappa shape index (κ2) is 4.63. The van der Waals surface area contributed by atoms with Gasteiger partial charge in [0, 0.05) is 6.54 Å².